The summed E-state index contributed by atoms with van der Waals surface area (Å²) < 4.78 is 5.35. The molecule has 5 nitrogen and oxygen atoms in total. The normalized spacial score (nSPS) is 15.3. The maximum absolute atomic E-state index is 13.9. The van der Waals surface area contributed by atoms with Gasteiger partial charge in [-0.3, -0.25) is 9.59 Å². The number of carbonyl (C=O) groups excluding carboxylic acids is 2. The minimum Gasteiger partial charge on any atom is -0.497 e. The molecule has 0 saturated heterocycles. The van der Waals surface area contributed by atoms with E-state index >= 15 is 0 Å². The second-order valence-corrected chi connectivity index (χ2v) is 11.7. The van der Waals surface area contributed by atoms with E-state index in [4.69, 9.17) is 4.74 Å². The molecule has 0 bridgehead atoms. The summed E-state index contributed by atoms with van der Waals surface area (Å²) in [7, 11) is 1.65. The van der Waals surface area contributed by atoms with E-state index in [1.165, 1.54) is 16.0 Å². The lowest BCUT2D eigenvalue weighted by molar-refractivity contribution is -0.135. The van der Waals surface area contributed by atoms with Gasteiger partial charge < -0.3 is 14.5 Å². The van der Waals surface area contributed by atoms with Crippen molar-refractivity contribution in [2.45, 2.75) is 65.0 Å². The number of hydrogen-bond acceptors (Lipinski definition) is 4. The van der Waals surface area contributed by atoms with Gasteiger partial charge in [0.25, 0.3) is 5.91 Å². The average Bonchev–Trinajstić information content (AvgIpc) is 3.38. The number of carbonyl (C=O) groups is 2. The number of ether oxygens (including phenoxy) is 1. The predicted octanol–water partition coefficient (Wildman–Crippen LogP) is 6.51. The van der Waals surface area contributed by atoms with Crippen LogP contribution >= 0.6 is 11.3 Å². The van der Waals surface area contributed by atoms with Gasteiger partial charge in [-0.05, 0) is 92.4 Å². The van der Waals surface area contributed by atoms with Gasteiger partial charge in [-0.15, -0.1) is 11.3 Å². The first-order chi connectivity index (χ1) is 17.7. The van der Waals surface area contributed by atoms with Crippen molar-refractivity contribution in [2.24, 2.45) is 0 Å². The van der Waals surface area contributed by atoms with Crippen molar-refractivity contribution in [3.8, 4) is 5.75 Å². The molecule has 1 aromatic heterocycles. The Hall–Kier alpha value is -3.12. The van der Waals surface area contributed by atoms with Crippen molar-refractivity contribution in [1.82, 2.24) is 9.80 Å². The molecule has 1 aliphatic heterocycles. The molecule has 2 heterocycles. The highest BCUT2D eigenvalue weighted by atomic mass is 32.1. The molecule has 196 valence electrons. The summed E-state index contributed by atoms with van der Waals surface area (Å²) in [5.74, 6) is 0.630. The van der Waals surface area contributed by atoms with Crippen LogP contribution in [-0.2, 0) is 17.6 Å². The van der Waals surface area contributed by atoms with Crippen molar-refractivity contribution in [1.29, 1.82) is 0 Å². The van der Waals surface area contributed by atoms with Gasteiger partial charge in [0, 0.05) is 22.5 Å². The number of fused-ring (bicyclic) bond motifs is 1. The maximum atomic E-state index is 13.9. The van der Waals surface area contributed by atoms with Crippen molar-refractivity contribution in [2.75, 3.05) is 20.2 Å². The number of hydrogen-bond donors (Lipinski definition) is 0. The molecule has 0 fully saturated rings. The Morgan fingerprint density at radius 2 is 1.76 bits per heavy atom. The lowest BCUT2D eigenvalue weighted by atomic mass is 9.93. The summed E-state index contributed by atoms with van der Waals surface area (Å²) in [5.41, 5.74) is 3.57. The van der Waals surface area contributed by atoms with E-state index < -0.39 is 5.54 Å². The van der Waals surface area contributed by atoms with Crippen molar-refractivity contribution >= 4 is 23.2 Å². The Bertz CT molecular complexity index is 1210. The molecular formula is C31H38N2O3S. The number of benzene rings is 2. The summed E-state index contributed by atoms with van der Waals surface area (Å²) >= 11 is 1.74. The van der Waals surface area contributed by atoms with Crippen molar-refractivity contribution < 1.29 is 14.3 Å². The highest BCUT2D eigenvalue weighted by Gasteiger charge is 2.36. The lowest BCUT2D eigenvalue weighted by Crippen LogP contribution is -2.52. The fourth-order valence-corrected chi connectivity index (χ4v) is 5.82. The van der Waals surface area contributed by atoms with E-state index in [-0.39, 0.29) is 24.4 Å². The van der Waals surface area contributed by atoms with E-state index in [0.29, 0.717) is 12.1 Å². The zero-order valence-electron chi connectivity index (χ0n) is 22.6. The fraction of sp³-hybridized carbons (Fsp3) is 0.419. The molecule has 1 aliphatic rings. The Morgan fingerprint density at radius 1 is 1.05 bits per heavy atom. The molecule has 6 heteroatoms. The van der Waals surface area contributed by atoms with Crippen molar-refractivity contribution in [3.63, 3.8) is 0 Å². The summed E-state index contributed by atoms with van der Waals surface area (Å²) in [6, 6.07) is 17.8. The van der Waals surface area contributed by atoms with Crippen LogP contribution in [0.3, 0.4) is 0 Å². The molecule has 4 rings (SSSR count). The van der Waals surface area contributed by atoms with Crippen LogP contribution in [-0.4, -0.2) is 47.4 Å². The lowest BCUT2D eigenvalue weighted by Gasteiger charge is -2.40. The summed E-state index contributed by atoms with van der Waals surface area (Å²) in [6.45, 7) is 8.80. The van der Waals surface area contributed by atoms with Crippen LogP contribution in [0.5, 0.6) is 5.75 Å². The zero-order chi connectivity index (χ0) is 26.6. The topological polar surface area (TPSA) is 49.9 Å². The molecular weight excluding hydrogens is 480 g/mol. The molecule has 37 heavy (non-hydrogen) atoms. The van der Waals surface area contributed by atoms with Gasteiger partial charge in [0.1, 0.15) is 12.3 Å². The molecule has 0 saturated carbocycles. The van der Waals surface area contributed by atoms with Crippen LogP contribution in [0, 0.1) is 0 Å². The largest absolute Gasteiger partial charge is 0.497 e. The van der Waals surface area contributed by atoms with Crippen LogP contribution in [0.15, 0.2) is 60.0 Å². The SMILES string of the molecule is CCCCc1ccc(C(=O)N(CC(=O)N2CCc3sccc3C2c2ccc(OC)cc2)C(C)(C)C)cc1. The first-order valence-electron chi connectivity index (χ1n) is 13.1. The minimum absolute atomic E-state index is 0.0338. The quantitative estimate of drug-likeness (QED) is 0.341. The first kappa shape index (κ1) is 26.9. The third-order valence-electron chi connectivity index (χ3n) is 7.09. The number of unbranched alkanes of at least 4 members (excludes halogenated alkanes) is 1. The molecule has 0 radical (unpaired) electrons. The Kier molecular flexibility index (Phi) is 8.38. The van der Waals surface area contributed by atoms with E-state index in [0.717, 1.165) is 37.0 Å². The van der Waals surface area contributed by atoms with E-state index in [2.05, 4.69) is 18.4 Å². The van der Waals surface area contributed by atoms with E-state index in [9.17, 15) is 9.59 Å². The molecule has 2 aromatic carbocycles. The van der Waals surface area contributed by atoms with Crippen LogP contribution < -0.4 is 4.74 Å². The van der Waals surface area contributed by atoms with Crippen LogP contribution in [0.1, 0.15) is 78.5 Å². The van der Waals surface area contributed by atoms with Crippen LogP contribution in [0.4, 0.5) is 0 Å². The summed E-state index contributed by atoms with van der Waals surface area (Å²) in [5, 5.41) is 2.10. The van der Waals surface area contributed by atoms with Gasteiger partial charge in [-0.2, -0.15) is 0 Å². The molecule has 1 unspecified atom stereocenters. The van der Waals surface area contributed by atoms with Gasteiger partial charge >= 0.3 is 0 Å². The predicted molar refractivity (Wildman–Crippen MR) is 150 cm³/mol. The highest BCUT2D eigenvalue weighted by Crippen LogP contribution is 2.38. The number of amides is 2. The van der Waals surface area contributed by atoms with Gasteiger partial charge in [0.15, 0.2) is 0 Å². The number of nitrogens with zero attached hydrogens (tertiary/aromatic N) is 2. The molecule has 3 aromatic rings. The monoisotopic (exact) mass is 518 g/mol. The van der Waals surface area contributed by atoms with Crippen LogP contribution in [0.2, 0.25) is 0 Å². The average molecular weight is 519 g/mol. The number of thiophene rings is 1. The van der Waals surface area contributed by atoms with Gasteiger partial charge in [-0.1, -0.05) is 37.6 Å². The molecule has 0 N–H and O–H groups in total. The van der Waals surface area contributed by atoms with E-state index in [1.807, 2.05) is 74.2 Å². The second kappa shape index (κ2) is 11.5. The Morgan fingerprint density at radius 3 is 2.38 bits per heavy atom. The van der Waals surface area contributed by atoms with Crippen LogP contribution in [0.25, 0.3) is 0 Å². The molecule has 0 aliphatic carbocycles. The zero-order valence-corrected chi connectivity index (χ0v) is 23.4. The van der Waals surface area contributed by atoms with Crippen molar-refractivity contribution in [3.05, 3.63) is 87.1 Å². The smallest absolute Gasteiger partial charge is 0.254 e. The number of aryl methyl sites for hydroxylation is 1. The van der Waals surface area contributed by atoms with Gasteiger partial charge in [0.05, 0.1) is 13.2 Å². The summed E-state index contributed by atoms with van der Waals surface area (Å²) in [4.78, 5) is 32.5. The number of methoxy groups -OCH3 is 1. The second-order valence-electron chi connectivity index (χ2n) is 10.7. The third kappa shape index (κ3) is 6.07. The Labute approximate surface area is 225 Å². The minimum atomic E-state index is -0.507. The van der Waals surface area contributed by atoms with E-state index in [1.54, 1.807) is 23.3 Å². The highest BCUT2D eigenvalue weighted by molar-refractivity contribution is 7.10. The maximum Gasteiger partial charge on any atom is 0.254 e. The third-order valence-corrected chi connectivity index (χ3v) is 8.08. The Balaban J connectivity index is 1.59. The molecule has 2 amide bonds. The van der Waals surface area contributed by atoms with Gasteiger partial charge in [-0.25, -0.2) is 0 Å². The first-order valence-corrected chi connectivity index (χ1v) is 14.0. The molecule has 0 spiro atoms. The molecule has 1 atom stereocenters. The standard InChI is InChI=1S/C31H38N2O3S/c1-6-7-8-22-9-11-24(12-10-22)30(35)33(31(2,3)4)21-28(34)32-19-17-27-26(18-20-37-27)29(32)23-13-15-25(36-5)16-14-23/h9-16,18,20,29H,6-8,17,19,21H2,1-5H3. The fourth-order valence-electron chi connectivity index (χ4n) is 4.92. The summed E-state index contributed by atoms with van der Waals surface area (Å²) in [6.07, 6.45) is 4.11. The number of rotatable bonds is 8. The van der Waals surface area contributed by atoms with Gasteiger partial charge in [0.2, 0.25) is 5.91 Å².